The van der Waals surface area contributed by atoms with Crippen LogP contribution in [-0.2, 0) is 4.79 Å². The first-order valence-corrected chi connectivity index (χ1v) is 5.62. The SMILES string of the molecule is Cc1nc(NC2CNC(=O)C2)sc1C(=O)O. The first kappa shape index (κ1) is 10.9. The van der Waals surface area contributed by atoms with Gasteiger partial charge in [0.25, 0.3) is 0 Å². The van der Waals surface area contributed by atoms with Crippen LogP contribution in [0, 0.1) is 6.92 Å². The summed E-state index contributed by atoms with van der Waals surface area (Å²) in [7, 11) is 0. The van der Waals surface area contributed by atoms with E-state index in [9.17, 15) is 9.59 Å². The molecule has 1 aromatic heterocycles. The van der Waals surface area contributed by atoms with Crippen molar-refractivity contribution in [3.05, 3.63) is 10.6 Å². The van der Waals surface area contributed by atoms with Gasteiger partial charge < -0.3 is 15.7 Å². The predicted octanol–water partition coefficient (Wildman–Crippen LogP) is 0.450. The van der Waals surface area contributed by atoms with Crippen molar-refractivity contribution in [2.24, 2.45) is 0 Å². The molecular weight excluding hydrogens is 230 g/mol. The smallest absolute Gasteiger partial charge is 0.347 e. The van der Waals surface area contributed by atoms with Crippen molar-refractivity contribution in [1.82, 2.24) is 10.3 Å². The van der Waals surface area contributed by atoms with Gasteiger partial charge in [-0.1, -0.05) is 11.3 Å². The van der Waals surface area contributed by atoms with Crippen LogP contribution in [-0.4, -0.2) is 34.6 Å². The van der Waals surface area contributed by atoms with E-state index in [1.165, 1.54) is 0 Å². The van der Waals surface area contributed by atoms with E-state index in [0.717, 1.165) is 11.3 Å². The first-order valence-electron chi connectivity index (χ1n) is 4.80. The third-order valence-corrected chi connectivity index (χ3v) is 3.37. The molecule has 1 unspecified atom stereocenters. The molecule has 1 atom stereocenters. The van der Waals surface area contributed by atoms with Gasteiger partial charge in [-0.15, -0.1) is 0 Å². The van der Waals surface area contributed by atoms with E-state index in [1.54, 1.807) is 6.92 Å². The summed E-state index contributed by atoms with van der Waals surface area (Å²) in [5.41, 5.74) is 0.497. The van der Waals surface area contributed by atoms with Gasteiger partial charge in [0, 0.05) is 13.0 Å². The van der Waals surface area contributed by atoms with Crippen LogP contribution in [0.25, 0.3) is 0 Å². The monoisotopic (exact) mass is 241 g/mol. The van der Waals surface area contributed by atoms with Gasteiger partial charge >= 0.3 is 5.97 Å². The summed E-state index contributed by atoms with van der Waals surface area (Å²) in [6, 6.07) is -0.000283. The Morgan fingerprint density at radius 1 is 1.69 bits per heavy atom. The van der Waals surface area contributed by atoms with Crippen LogP contribution < -0.4 is 10.6 Å². The quantitative estimate of drug-likeness (QED) is 0.714. The number of carbonyl (C=O) groups is 2. The highest BCUT2D eigenvalue weighted by molar-refractivity contribution is 7.17. The standard InChI is InChI=1S/C9H11N3O3S/c1-4-7(8(14)15)16-9(11-4)12-5-2-6(13)10-3-5/h5H,2-3H2,1H3,(H,10,13)(H,11,12)(H,14,15). The molecule has 86 valence electrons. The lowest BCUT2D eigenvalue weighted by atomic mass is 10.3. The molecule has 1 aliphatic rings. The highest BCUT2D eigenvalue weighted by Crippen LogP contribution is 2.23. The zero-order valence-corrected chi connectivity index (χ0v) is 9.43. The van der Waals surface area contributed by atoms with Gasteiger partial charge in [0.2, 0.25) is 5.91 Å². The number of aromatic carboxylic acids is 1. The minimum atomic E-state index is -0.969. The topological polar surface area (TPSA) is 91.3 Å². The molecule has 1 amide bonds. The van der Waals surface area contributed by atoms with Gasteiger partial charge in [-0.2, -0.15) is 0 Å². The number of anilines is 1. The van der Waals surface area contributed by atoms with Crippen LogP contribution in [0.1, 0.15) is 21.8 Å². The van der Waals surface area contributed by atoms with E-state index in [0.29, 0.717) is 23.8 Å². The Morgan fingerprint density at radius 3 is 2.94 bits per heavy atom. The fourth-order valence-corrected chi connectivity index (χ4v) is 2.42. The van der Waals surface area contributed by atoms with E-state index in [2.05, 4.69) is 15.6 Å². The number of hydrogen-bond donors (Lipinski definition) is 3. The number of carboxylic acid groups (broad SMARTS) is 1. The molecule has 2 heterocycles. The summed E-state index contributed by atoms with van der Waals surface area (Å²) >= 11 is 1.09. The second-order valence-electron chi connectivity index (χ2n) is 3.59. The number of aromatic nitrogens is 1. The molecular formula is C9H11N3O3S. The largest absolute Gasteiger partial charge is 0.477 e. The fourth-order valence-electron chi connectivity index (χ4n) is 1.54. The van der Waals surface area contributed by atoms with Gasteiger partial charge in [-0.25, -0.2) is 9.78 Å². The minimum Gasteiger partial charge on any atom is -0.477 e. The van der Waals surface area contributed by atoms with E-state index >= 15 is 0 Å². The fraction of sp³-hybridized carbons (Fsp3) is 0.444. The number of aryl methyl sites for hydroxylation is 1. The van der Waals surface area contributed by atoms with Crippen LogP contribution in [0.2, 0.25) is 0 Å². The van der Waals surface area contributed by atoms with Crippen LogP contribution in [0.5, 0.6) is 0 Å². The third kappa shape index (κ3) is 2.13. The van der Waals surface area contributed by atoms with Crippen LogP contribution in [0.4, 0.5) is 5.13 Å². The van der Waals surface area contributed by atoms with Gasteiger partial charge in [-0.05, 0) is 6.92 Å². The normalized spacial score (nSPS) is 19.6. The molecule has 16 heavy (non-hydrogen) atoms. The number of nitrogens with one attached hydrogen (secondary N) is 2. The number of carbonyl (C=O) groups excluding carboxylic acids is 1. The maximum atomic E-state index is 11.0. The van der Waals surface area contributed by atoms with Gasteiger partial charge in [0.15, 0.2) is 5.13 Å². The molecule has 2 rings (SSSR count). The third-order valence-electron chi connectivity index (χ3n) is 2.30. The number of rotatable bonds is 3. The van der Waals surface area contributed by atoms with Crippen LogP contribution in [0.15, 0.2) is 0 Å². The van der Waals surface area contributed by atoms with E-state index in [1.807, 2.05) is 0 Å². The van der Waals surface area contributed by atoms with Crippen LogP contribution >= 0.6 is 11.3 Å². The Kier molecular flexibility index (Phi) is 2.78. The number of thiazole rings is 1. The maximum Gasteiger partial charge on any atom is 0.347 e. The zero-order valence-electron chi connectivity index (χ0n) is 8.61. The summed E-state index contributed by atoms with van der Waals surface area (Å²) < 4.78 is 0. The molecule has 6 nitrogen and oxygen atoms in total. The highest BCUT2D eigenvalue weighted by Gasteiger charge is 2.23. The van der Waals surface area contributed by atoms with Crippen molar-refractivity contribution in [3.63, 3.8) is 0 Å². The molecule has 1 fully saturated rings. The summed E-state index contributed by atoms with van der Waals surface area (Å²) in [6.07, 6.45) is 0.404. The Bertz CT molecular complexity index is 443. The zero-order chi connectivity index (χ0) is 11.7. The molecule has 0 aliphatic carbocycles. The molecule has 1 saturated heterocycles. The molecule has 1 aromatic rings. The van der Waals surface area contributed by atoms with Crippen molar-refractivity contribution in [2.75, 3.05) is 11.9 Å². The average Bonchev–Trinajstić information content (AvgIpc) is 2.73. The molecule has 0 radical (unpaired) electrons. The molecule has 7 heteroatoms. The Morgan fingerprint density at radius 2 is 2.44 bits per heavy atom. The summed E-state index contributed by atoms with van der Waals surface area (Å²) in [4.78, 5) is 26.1. The number of hydrogen-bond acceptors (Lipinski definition) is 5. The second-order valence-corrected chi connectivity index (χ2v) is 4.59. The lowest BCUT2D eigenvalue weighted by Gasteiger charge is -2.07. The number of carboxylic acids is 1. The second kappa shape index (κ2) is 4.09. The summed E-state index contributed by atoms with van der Waals surface area (Å²) in [5.74, 6) is -0.965. The van der Waals surface area contributed by atoms with Crippen molar-refractivity contribution in [1.29, 1.82) is 0 Å². The Balaban J connectivity index is 2.07. The lowest BCUT2D eigenvalue weighted by Crippen LogP contribution is -2.22. The maximum absolute atomic E-state index is 11.0. The molecule has 0 bridgehead atoms. The molecule has 0 saturated carbocycles. The van der Waals surface area contributed by atoms with Crippen molar-refractivity contribution >= 4 is 28.3 Å². The summed E-state index contributed by atoms with van der Waals surface area (Å²) in [6.45, 7) is 2.21. The minimum absolute atomic E-state index is 0.000283. The van der Waals surface area contributed by atoms with E-state index in [4.69, 9.17) is 5.11 Å². The van der Waals surface area contributed by atoms with E-state index < -0.39 is 5.97 Å². The van der Waals surface area contributed by atoms with E-state index in [-0.39, 0.29) is 16.8 Å². The first-order chi connectivity index (χ1) is 7.56. The van der Waals surface area contributed by atoms with Crippen molar-refractivity contribution in [3.8, 4) is 0 Å². The van der Waals surface area contributed by atoms with Crippen molar-refractivity contribution in [2.45, 2.75) is 19.4 Å². The summed E-state index contributed by atoms with van der Waals surface area (Å²) in [5, 5.41) is 15.2. The Hall–Kier alpha value is -1.63. The highest BCUT2D eigenvalue weighted by atomic mass is 32.1. The van der Waals surface area contributed by atoms with Gasteiger partial charge in [0.05, 0.1) is 11.7 Å². The van der Waals surface area contributed by atoms with Crippen LogP contribution in [0.3, 0.4) is 0 Å². The molecule has 1 aliphatic heterocycles. The average molecular weight is 241 g/mol. The molecule has 0 aromatic carbocycles. The number of amides is 1. The van der Waals surface area contributed by atoms with Crippen molar-refractivity contribution < 1.29 is 14.7 Å². The van der Waals surface area contributed by atoms with Gasteiger partial charge in [0.1, 0.15) is 4.88 Å². The van der Waals surface area contributed by atoms with Gasteiger partial charge in [-0.3, -0.25) is 4.79 Å². The molecule has 0 spiro atoms. The predicted molar refractivity (Wildman–Crippen MR) is 58.8 cm³/mol. The molecule has 3 N–H and O–H groups in total. The lowest BCUT2D eigenvalue weighted by molar-refractivity contribution is -0.119. The Labute approximate surface area is 95.7 Å². The number of nitrogens with zero attached hydrogens (tertiary/aromatic N) is 1.